The van der Waals surface area contributed by atoms with E-state index in [-0.39, 0.29) is 0 Å². The summed E-state index contributed by atoms with van der Waals surface area (Å²) in [5.41, 5.74) is 4.46. The molecule has 0 radical (unpaired) electrons. The molecule has 4 aromatic rings. The highest BCUT2D eigenvalue weighted by molar-refractivity contribution is 7.71. The predicted molar refractivity (Wildman–Crippen MR) is 134 cm³/mol. The van der Waals surface area contributed by atoms with E-state index in [0.29, 0.717) is 24.9 Å². The molecule has 34 heavy (non-hydrogen) atoms. The van der Waals surface area contributed by atoms with Crippen molar-refractivity contribution in [3.05, 3.63) is 70.3 Å². The zero-order valence-corrected chi connectivity index (χ0v) is 20.6. The Labute approximate surface area is 204 Å². The minimum Gasteiger partial charge on any atom is -0.338 e. The lowest BCUT2D eigenvalue weighted by Gasteiger charge is -2.33. The highest BCUT2D eigenvalue weighted by atomic mass is 32.1. The number of benzene rings is 2. The highest BCUT2D eigenvalue weighted by Crippen LogP contribution is 2.21. The maximum atomic E-state index is 5.67. The van der Waals surface area contributed by atoms with E-state index in [4.69, 9.17) is 21.8 Å². The molecule has 5 rings (SSSR count). The molecule has 9 heteroatoms. The number of hydrogen-bond donors (Lipinski definition) is 0. The first kappa shape index (κ1) is 22.6. The Balaban J connectivity index is 1.19. The summed E-state index contributed by atoms with van der Waals surface area (Å²) in [4.78, 5) is 9.34. The van der Waals surface area contributed by atoms with Crippen LogP contribution in [-0.2, 0) is 20.3 Å². The number of rotatable bonds is 6. The lowest BCUT2D eigenvalue weighted by molar-refractivity contribution is 0.0908. The monoisotopic (exact) mass is 475 g/mol. The normalized spacial score (nSPS) is 15.1. The minimum atomic E-state index is 0.653. The van der Waals surface area contributed by atoms with Crippen LogP contribution in [0.4, 0.5) is 0 Å². The van der Waals surface area contributed by atoms with Gasteiger partial charge in [0.15, 0.2) is 10.6 Å². The van der Waals surface area contributed by atoms with Crippen LogP contribution in [0.5, 0.6) is 0 Å². The first-order valence-electron chi connectivity index (χ1n) is 11.5. The van der Waals surface area contributed by atoms with Gasteiger partial charge < -0.3 is 9.09 Å². The van der Waals surface area contributed by atoms with Crippen LogP contribution in [-0.4, -0.2) is 60.5 Å². The van der Waals surface area contributed by atoms with Crippen molar-refractivity contribution in [2.45, 2.75) is 27.1 Å². The molecule has 0 bridgehead atoms. The fourth-order valence-corrected chi connectivity index (χ4v) is 4.44. The molecule has 1 aliphatic rings. The lowest BCUT2D eigenvalue weighted by atomic mass is 10.1. The minimum absolute atomic E-state index is 0.653. The van der Waals surface area contributed by atoms with E-state index in [9.17, 15) is 0 Å². The highest BCUT2D eigenvalue weighted by Gasteiger charge is 2.21. The molecule has 0 saturated carbocycles. The quantitative estimate of drug-likeness (QED) is 0.390. The summed E-state index contributed by atoms with van der Waals surface area (Å²) in [5, 5.41) is 9.00. The van der Waals surface area contributed by atoms with Gasteiger partial charge in [-0.1, -0.05) is 59.3 Å². The van der Waals surface area contributed by atoms with Crippen LogP contribution >= 0.6 is 12.2 Å². The molecule has 2 aromatic carbocycles. The van der Waals surface area contributed by atoms with Gasteiger partial charge in [0.1, 0.15) is 0 Å². The van der Waals surface area contributed by atoms with Gasteiger partial charge in [0.2, 0.25) is 11.7 Å². The summed E-state index contributed by atoms with van der Waals surface area (Å²) >= 11 is 5.67. The molecule has 2 aromatic heterocycles. The second-order valence-electron chi connectivity index (χ2n) is 8.89. The van der Waals surface area contributed by atoms with Gasteiger partial charge in [0, 0.05) is 44.4 Å². The van der Waals surface area contributed by atoms with E-state index in [1.54, 1.807) is 0 Å². The maximum Gasteiger partial charge on any atom is 0.241 e. The molecule has 0 aliphatic carbocycles. The van der Waals surface area contributed by atoms with Crippen LogP contribution in [0.25, 0.3) is 22.8 Å². The summed E-state index contributed by atoms with van der Waals surface area (Å²) in [5.74, 6) is 2.20. The van der Waals surface area contributed by atoms with Gasteiger partial charge in [0.05, 0.1) is 13.2 Å². The van der Waals surface area contributed by atoms with Crippen molar-refractivity contribution in [2.24, 2.45) is 7.05 Å². The van der Waals surface area contributed by atoms with Gasteiger partial charge >= 0.3 is 0 Å². The standard InChI is InChI=1S/C25H29N7OS/c1-18-8-10-20(11-9-18)24-27-32(25(34)29(24)3)17-31-14-12-30(13-15-31)16-22-26-23(28-33-22)21-7-5-4-6-19(21)2/h4-11H,12-17H2,1-3H3. The Hall–Kier alpha value is -3.14. The Morgan fingerprint density at radius 1 is 0.941 bits per heavy atom. The van der Waals surface area contributed by atoms with Crippen LogP contribution in [0.15, 0.2) is 53.1 Å². The Bertz CT molecular complexity index is 1330. The molecule has 0 unspecified atom stereocenters. The molecule has 8 nitrogen and oxygen atoms in total. The van der Waals surface area contributed by atoms with Gasteiger partial charge in [-0.2, -0.15) is 10.1 Å². The van der Waals surface area contributed by atoms with E-state index < -0.39 is 0 Å². The van der Waals surface area contributed by atoms with Crippen molar-refractivity contribution >= 4 is 12.2 Å². The summed E-state index contributed by atoms with van der Waals surface area (Å²) in [6.45, 7) is 9.19. The van der Waals surface area contributed by atoms with Gasteiger partial charge in [-0.3, -0.25) is 9.80 Å². The third kappa shape index (κ3) is 4.72. The third-order valence-electron chi connectivity index (χ3n) is 6.36. The number of hydrogen-bond acceptors (Lipinski definition) is 7. The van der Waals surface area contributed by atoms with E-state index in [0.717, 1.165) is 53.5 Å². The van der Waals surface area contributed by atoms with Crippen molar-refractivity contribution in [3.8, 4) is 22.8 Å². The van der Waals surface area contributed by atoms with Gasteiger partial charge in [-0.15, -0.1) is 0 Å². The number of aryl methyl sites for hydroxylation is 2. The molecule has 0 amide bonds. The fraction of sp³-hybridized carbons (Fsp3) is 0.360. The van der Waals surface area contributed by atoms with Crippen molar-refractivity contribution in [1.82, 2.24) is 34.3 Å². The Morgan fingerprint density at radius 2 is 1.65 bits per heavy atom. The Morgan fingerprint density at radius 3 is 2.38 bits per heavy atom. The van der Waals surface area contributed by atoms with Crippen molar-refractivity contribution in [3.63, 3.8) is 0 Å². The second kappa shape index (κ2) is 9.61. The van der Waals surface area contributed by atoms with Crippen molar-refractivity contribution in [2.75, 3.05) is 26.2 Å². The first-order valence-corrected chi connectivity index (χ1v) is 11.9. The zero-order chi connectivity index (χ0) is 23.7. The number of nitrogens with zero attached hydrogens (tertiary/aromatic N) is 7. The first-order chi connectivity index (χ1) is 16.5. The Kier molecular flexibility index (Phi) is 6.40. The molecule has 1 saturated heterocycles. The molecule has 1 aliphatic heterocycles. The average molecular weight is 476 g/mol. The molecule has 0 N–H and O–H groups in total. The zero-order valence-electron chi connectivity index (χ0n) is 19.8. The summed E-state index contributed by atoms with van der Waals surface area (Å²) in [6, 6.07) is 16.5. The van der Waals surface area contributed by atoms with Crippen LogP contribution < -0.4 is 0 Å². The van der Waals surface area contributed by atoms with Crippen LogP contribution in [0.3, 0.4) is 0 Å². The van der Waals surface area contributed by atoms with Crippen molar-refractivity contribution in [1.29, 1.82) is 0 Å². The molecule has 0 atom stereocenters. The fourth-order valence-electron chi connectivity index (χ4n) is 4.26. The van der Waals surface area contributed by atoms with E-state index in [1.165, 1.54) is 5.56 Å². The SMILES string of the molecule is Cc1ccc(-c2nn(CN3CCN(Cc4nc(-c5ccccc5C)no4)CC3)c(=S)n2C)cc1. The largest absolute Gasteiger partial charge is 0.338 e. The number of piperazine rings is 1. The maximum absolute atomic E-state index is 5.67. The van der Waals surface area contributed by atoms with Crippen LogP contribution in [0.2, 0.25) is 0 Å². The van der Waals surface area contributed by atoms with Gasteiger partial charge in [0.25, 0.3) is 0 Å². The molecule has 0 spiro atoms. The summed E-state index contributed by atoms with van der Waals surface area (Å²) in [6.07, 6.45) is 0. The third-order valence-corrected chi connectivity index (χ3v) is 6.85. The summed E-state index contributed by atoms with van der Waals surface area (Å²) in [7, 11) is 1.98. The van der Waals surface area contributed by atoms with E-state index in [2.05, 4.69) is 64.1 Å². The van der Waals surface area contributed by atoms with Gasteiger partial charge in [-0.05, 0) is 31.6 Å². The second-order valence-corrected chi connectivity index (χ2v) is 9.26. The molecule has 176 valence electrons. The molecule has 1 fully saturated rings. The van der Waals surface area contributed by atoms with Crippen LogP contribution in [0, 0.1) is 18.6 Å². The van der Waals surface area contributed by atoms with E-state index >= 15 is 0 Å². The predicted octanol–water partition coefficient (Wildman–Crippen LogP) is 4.06. The lowest BCUT2D eigenvalue weighted by Crippen LogP contribution is -2.46. The smallest absolute Gasteiger partial charge is 0.241 e. The number of aromatic nitrogens is 5. The molecular weight excluding hydrogens is 446 g/mol. The molecular formula is C25H29N7OS. The van der Waals surface area contributed by atoms with Crippen LogP contribution in [0.1, 0.15) is 17.0 Å². The topological polar surface area (TPSA) is 68.2 Å². The van der Waals surface area contributed by atoms with Crippen molar-refractivity contribution < 1.29 is 4.52 Å². The molecule has 3 heterocycles. The summed E-state index contributed by atoms with van der Waals surface area (Å²) < 4.78 is 10.2. The average Bonchev–Trinajstić information content (AvgIpc) is 3.41. The van der Waals surface area contributed by atoms with Gasteiger partial charge in [-0.25, -0.2) is 4.68 Å². The van der Waals surface area contributed by atoms with E-state index in [1.807, 2.05) is 34.5 Å².